The first kappa shape index (κ1) is 12.7. The molecule has 1 nitrogen and oxygen atoms in total. The third-order valence-corrected chi connectivity index (χ3v) is 4.86. The molecule has 0 heterocycles. The first-order valence-corrected chi connectivity index (χ1v) is 7.36. The maximum Gasteiger partial charge on any atom is 0.129 e. The molecular weight excluding hydrogens is 233 g/mol. The Morgan fingerprint density at radius 2 is 2.24 bits per heavy atom. The highest BCUT2D eigenvalue weighted by Gasteiger charge is 2.19. The molecule has 0 bridgehead atoms. The second-order valence-electron chi connectivity index (χ2n) is 5.01. The van der Waals surface area contributed by atoms with E-state index in [-0.39, 0.29) is 5.82 Å². The van der Waals surface area contributed by atoms with Crippen LogP contribution in [0, 0.1) is 11.7 Å². The van der Waals surface area contributed by atoms with Crippen molar-refractivity contribution in [2.75, 3.05) is 5.73 Å². The van der Waals surface area contributed by atoms with Gasteiger partial charge in [0.1, 0.15) is 5.82 Å². The fourth-order valence-corrected chi connectivity index (χ4v) is 3.96. The minimum Gasteiger partial charge on any atom is -0.398 e. The SMILES string of the molecule is CC1CCCC(SCc2c(N)cccc2F)C1. The topological polar surface area (TPSA) is 26.0 Å². The van der Waals surface area contributed by atoms with E-state index in [0.717, 1.165) is 5.92 Å². The molecule has 0 saturated heterocycles. The van der Waals surface area contributed by atoms with Crippen LogP contribution in [0.4, 0.5) is 10.1 Å². The van der Waals surface area contributed by atoms with Crippen molar-refractivity contribution in [3.63, 3.8) is 0 Å². The molecule has 0 spiro atoms. The van der Waals surface area contributed by atoms with Crippen LogP contribution in [0.5, 0.6) is 0 Å². The van der Waals surface area contributed by atoms with Crippen LogP contribution in [0.1, 0.15) is 38.2 Å². The average molecular weight is 253 g/mol. The van der Waals surface area contributed by atoms with Crippen molar-refractivity contribution in [2.24, 2.45) is 5.92 Å². The fourth-order valence-electron chi connectivity index (χ4n) is 2.46. The Morgan fingerprint density at radius 3 is 2.94 bits per heavy atom. The standard InChI is InChI=1S/C14H20FNS/c1-10-4-2-5-11(8-10)17-9-12-13(15)6-3-7-14(12)16/h3,6-7,10-11H,2,4-5,8-9,16H2,1H3. The molecule has 2 N–H and O–H groups in total. The van der Waals surface area contributed by atoms with E-state index < -0.39 is 0 Å². The highest BCUT2D eigenvalue weighted by molar-refractivity contribution is 7.99. The van der Waals surface area contributed by atoms with Gasteiger partial charge in [0.25, 0.3) is 0 Å². The second kappa shape index (κ2) is 5.76. The third-order valence-electron chi connectivity index (χ3n) is 3.51. The zero-order valence-corrected chi connectivity index (χ0v) is 11.1. The van der Waals surface area contributed by atoms with Gasteiger partial charge in [-0.15, -0.1) is 0 Å². The summed E-state index contributed by atoms with van der Waals surface area (Å²) in [6.07, 6.45) is 5.19. The van der Waals surface area contributed by atoms with Crippen molar-refractivity contribution in [1.29, 1.82) is 0 Å². The predicted molar refractivity (Wildman–Crippen MR) is 73.5 cm³/mol. The predicted octanol–water partition coefficient (Wildman–Crippen LogP) is 4.22. The Bertz CT molecular complexity index is 360. The summed E-state index contributed by atoms with van der Waals surface area (Å²) < 4.78 is 13.6. The molecule has 1 aliphatic rings. The van der Waals surface area contributed by atoms with E-state index in [2.05, 4.69) is 6.92 Å². The largest absolute Gasteiger partial charge is 0.398 e. The van der Waals surface area contributed by atoms with Crippen molar-refractivity contribution in [3.8, 4) is 0 Å². The number of nitrogen functional groups attached to an aromatic ring is 1. The number of hydrogen-bond donors (Lipinski definition) is 1. The molecular formula is C14H20FNS. The minimum atomic E-state index is -0.165. The summed E-state index contributed by atoms with van der Waals surface area (Å²) in [6.45, 7) is 2.31. The van der Waals surface area contributed by atoms with Crippen molar-refractivity contribution >= 4 is 17.4 Å². The molecule has 2 rings (SSSR count). The van der Waals surface area contributed by atoms with Gasteiger partial charge in [0, 0.05) is 22.3 Å². The summed E-state index contributed by atoms with van der Waals surface area (Å²) in [4.78, 5) is 0. The van der Waals surface area contributed by atoms with Gasteiger partial charge < -0.3 is 5.73 Å². The summed E-state index contributed by atoms with van der Waals surface area (Å²) in [5.41, 5.74) is 7.07. The van der Waals surface area contributed by atoms with Gasteiger partial charge in [-0.3, -0.25) is 0 Å². The summed E-state index contributed by atoms with van der Waals surface area (Å²) in [6, 6.07) is 4.94. The smallest absolute Gasteiger partial charge is 0.129 e. The number of benzene rings is 1. The highest BCUT2D eigenvalue weighted by atomic mass is 32.2. The van der Waals surface area contributed by atoms with Crippen molar-refractivity contribution in [3.05, 3.63) is 29.6 Å². The zero-order chi connectivity index (χ0) is 12.3. The second-order valence-corrected chi connectivity index (χ2v) is 6.30. The average Bonchev–Trinajstić information content (AvgIpc) is 2.28. The molecule has 1 fully saturated rings. The van der Waals surface area contributed by atoms with Crippen LogP contribution in [0.25, 0.3) is 0 Å². The van der Waals surface area contributed by atoms with Crippen LogP contribution in [-0.2, 0) is 5.75 Å². The van der Waals surface area contributed by atoms with Crippen LogP contribution in [0.2, 0.25) is 0 Å². The Morgan fingerprint density at radius 1 is 1.41 bits per heavy atom. The van der Waals surface area contributed by atoms with Gasteiger partial charge in [0.05, 0.1) is 0 Å². The van der Waals surface area contributed by atoms with Crippen LogP contribution in [0.15, 0.2) is 18.2 Å². The van der Waals surface area contributed by atoms with E-state index in [1.807, 2.05) is 11.8 Å². The normalized spacial score (nSPS) is 24.8. The molecule has 0 radical (unpaired) electrons. The van der Waals surface area contributed by atoms with E-state index in [0.29, 0.717) is 22.3 Å². The van der Waals surface area contributed by atoms with E-state index in [1.165, 1.54) is 31.7 Å². The van der Waals surface area contributed by atoms with Gasteiger partial charge in [-0.1, -0.05) is 25.8 Å². The van der Waals surface area contributed by atoms with E-state index >= 15 is 0 Å². The van der Waals surface area contributed by atoms with Gasteiger partial charge >= 0.3 is 0 Å². The Balaban J connectivity index is 1.93. The molecule has 94 valence electrons. The van der Waals surface area contributed by atoms with Gasteiger partial charge in [-0.25, -0.2) is 4.39 Å². The monoisotopic (exact) mass is 253 g/mol. The van der Waals surface area contributed by atoms with Crippen LogP contribution >= 0.6 is 11.8 Å². The highest BCUT2D eigenvalue weighted by Crippen LogP contribution is 2.34. The first-order chi connectivity index (χ1) is 8.16. The van der Waals surface area contributed by atoms with Gasteiger partial charge in [-0.05, 0) is 30.9 Å². The summed E-state index contributed by atoms with van der Waals surface area (Å²) in [7, 11) is 0. The van der Waals surface area contributed by atoms with Crippen LogP contribution in [0.3, 0.4) is 0 Å². The molecule has 0 aliphatic heterocycles. The Kier molecular flexibility index (Phi) is 4.32. The minimum absolute atomic E-state index is 0.165. The van der Waals surface area contributed by atoms with Crippen molar-refractivity contribution in [2.45, 2.75) is 43.6 Å². The number of halogens is 1. The van der Waals surface area contributed by atoms with E-state index in [4.69, 9.17) is 5.73 Å². The number of thioether (sulfide) groups is 1. The molecule has 1 aliphatic carbocycles. The molecule has 1 aromatic rings. The van der Waals surface area contributed by atoms with Gasteiger partial charge in [-0.2, -0.15) is 11.8 Å². The lowest BCUT2D eigenvalue weighted by atomic mass is 9.91. The number of anilines is 1. The van der Waals surface area contributed by atoms with Crippen LogP contribution < -0.4 is 5.73 Å². The number of nitrogens with two attached hydrogens (primary N) is 1. The van der Waals surface area contributed by atoms with Crippen molar-refractivity contribution < 1.29 is 4.39 Å². The number of rotatable bonds is 3. The van der Waals surface area contributed by atoms with E-state index in [9.17, 15) is 4.39 Å². The van der Waals surface area contributed by atoms with Crippen LogP contribution in [-0.4, -0.2) is 5.25 Å². The van der Waals surface area contributed by atoms with Gasteiger partial charge in [0.2, 0.25) is 0 Å². The molecule has 0 aromatic heterocycles. The molecule has 0 amide bonds. The fraction of sp³-hybridized carbons (Fsp3) is 0.571. The maximum atomic E-state index is 13.6. The molecule has 1 aromatic carbocycles. The molecule has 2 atom stereocenters. The third kappa shape index (κ3) is 3.38. The van der Waals surface area contributed by atoms with Gasteiger partial charge in [0.15, 0.2) is 0 Å². The number of hydrogen-bond acceptors (Lipinski definition) is 2. The quantitative estimate of drug-likeness (QED) is 0.816. The van der Waals surface area contributed by atoms with E-state index in [1.54, 1.807) is 12.1 Å². The lowest BCUT2D eigenvalue weighted by Gasteiger charge is -2.26. The zero-order valence-electron chi connectivity index (χ0n) is 10.3. The first-order valence-electron chi connectivity index (χ1n) is 6.31. The molecule has 17 heavy (non-hydrogen) atoms. The molecule has 1 saturated carbocycles. The lowest BCUT2D eigenvalue weighted by Crippen LogP contribution is -2.15. The Hall–Kier alpha value is -0.700. The Labute approximate surface area is 107 Å². The summed E-state index contributed by atoms with van der Waals surface area (Å²) in [5, 5.41) is 0.678. The molecule has 2 unspecified atom stereocenters. The lowest BCUT2D eigenvalue weighted by molar-refractivity contribution is 0.394. The maximum absolute atomic E-state index is 13.6. The molecule has 3 heteroatoms. The summed E-state index contributed by atoms with van der Waals surface area (Å²) >= 11 is 1.86. The summed E-state index contributed by atoms with van der Waals surface area (Å²) in [5.74, 6) is 1.36. The van der Waals surface area contributed by atoms with Crippen molar-refractivity contribution in [1.82, 2.24) is 0 Å².